The Hall–Kier alpha value is -3.22. The number of non-ortho nitro benzene ring substituents is 1. The number of nitro groups is 1. The van der Waals surface area contributed by atoms with Gasteiger partial charge in [0.2, 0.25) is 5.91 Å². The summed E-state index contributed by atoms with van der Waals surface area (Å²) >= 11 is 0. The standard InChI is InChI=1S/C16H11FN2O4/c17-11-1-6-15-14(8-11)10(9-23-15)7-16(20)18-12-2-4-13(5-3-12)19(21)22/h1-6,8-9H,7H2,(H,18,20). The Bertz CT molecular complexity index is 887. The lowest BCUT2D eigenvalue weighted by Gasteiger charge is -2.04. The van der Waals surface area contributed by atoms with Crippen molar-refractivity contribution in [1.29, 1.82) is 0 Å². The number of carbonyl (C=O) groups is 1. The number of anilines is 1. The zero-order valence-electron chi connectivity index (χ0n) is 11.8. The maximum atomic E-state index is 13.3. The zero-order valence-corrected chi connectivity index (χ0v) is 11.8. The predicted octanol–water partition coefficient (Wildman–Crippen LogP) is 3.66. The Balaban J connectivity index is 1.73. The summed E-state index contributed by atoms with van der Waals surface area (Å²) in [5, 5.41) is 13.7. The summed E-state index contributed by atoms with van der Waals surface area (Å²) in [5.74, 6) is -0.734. The van der Waals surface area contributed by atoms with Gasteiger partial charge in [0.25, 0.3) is 5.69 Å². The summed E-state index contributed by atoms with van der Waals surface area (Å²) in [7, 11) is 0. The molecule has 116 valence electrons. The third-order valence-corrected chi connectivity index (χ3v) is 3.33. The van der Waals surface area contributed by atoms with Gasteiger partial charge in [-0.3, -0.25) is 14.9 Å². The van der Waals surface area contributed by atoms with E-state index in [2.05, 4.69) is 5.32 Å². The van der Waals surface area contributed by atoms with E-state index < -0.39 is 10.7 Å². The highest BCUT2D eigenvalue weighted by atomic mass is 19.1. The van der Waals surface area contributed by atoms with Crippen LogP contribution in [0.15, 0.2) is 53.1 Å². The number of rotatable bonds is 4. The van der Waals surface area contributed by atoms with E-state index in [0.717, 1.165) is 0 Å². The molecular weight excluding hydrogens is 303 g/mol. The van der Waals surface area contributed by atoms with Crippen LogP contribution < -0.4 is 5.32 Å². The van der Waals surface area contributed by atoms with E-state index in [9.17, 15) is 19.3 Å². The Morgan fingerprint density at radius 2 is 1.96 bits per heavy atom. The summed E-state index contributed by atoms with van der Waals surface area (Å²) in [6, 6.07) is 9.60. The number of nitro benzene ring substituents is 1. The molecule has 0 saturated carbocycles. The van der Waals surface area contributed by atoms with Crippen molar-refractivity contribution in [3.8, 4) is 0 Å². The molecule has 0 aliphatic carbocycles. The first-order valence-corrected chi connectivity index (χ1v) is 6.73. The molecule has 0 saturated heterocycles. The molecule has 1 N–H and O–H groups in total. The smallest absolute Gasteiger partial charge is 0.269 e. The molecule has 7 heteroatoms. The largest absolute Gasteiger partial charge is 0.464 e. The monoisotopic (exact) mass is 314 g/mol. The third-order valence-electron chi connectivity index (χ3n) is 3.33. The minimum Gasteiger partial charge on any atom is -0.464 e. The topological polar surface area (TPSA) is 85.4 Å². The van der Waals surface area contributed by atoms with Crippen molar-refractivity contribution in [2.75, 3.05) is 5.32 Å². The highest BCUT2D eigenvalue weighted by Gasteiger charge is 2.12. The first-order valence-electron chi connectivity index (χ1n) is 6.73. The Labute approximate surface area is 129 Å². The van der Waals surface area contributed by atoms with E-state index in [0.29, 0.717) is 22.2 Å². The molecule has 6 nitrogen and oxygen atoms in total. The lowest BCUT2D eigenvalue weighted by atomic mass is 10.1. The van der Waals surface area contributed by atoms with Gasteiger partial charge in [-0.1, -0.05) is 0 Å². The number of nitrogens with one attached hydrogen (secondary N) is 1. The van der Waals surface area contributed by atoms with E-state index in [4.69, 9.17) is 4.42 Å². The van der Waals surface area contributed by atoms with Crippen LogP contribution in [0.5, 0.6) is 0 Å². The summed E-state index contributed by atoms with van der Waals surface area (Å²) < 4.78 is 18.6. The molecule has 1 heterocycles. The molecule has 0 aliphatic heterocycles. The number of fused-ring (bicyclic) bond motifs is 1. The maximum Gasteiger partial charge on any atom is 0.269 e. The highest BCUT2D eigenvalue weighted by molar-refractivity contribution is 5.95. The van der Waals surface area contributed by atoms with Crippen LogP contribution in [-0.2, 0) is 11.2 Å². The first kappa shape index (κ1) is 14.7. The molecule has 1 amide bonds. The molecule has 0 aliphatic rings. The number of carbonyl (C=O) groups excluding carboxylic acids is 1. The fourth-order valence-electron chi connectivity index (χ4n) is 2.24. The van der Waals surface area contributed by atoms with Crippen LogP contribution in [0.1, 0.15) is 5.56 Å². The van der Waals surface area contributed by atoms with Crippen LogP contribution in [0.3, 0.4) is 0 Å². The van der Waals surface area contributed by atoms with Crippen LogP contribution >= 0.6 is 0 Å². The minimum absolute atomic E-state index is 0.00738. The van der Waals surface area contributed by atoms with Gasteiger partial charge < -0.3 is 9.73 Å². The van der Waals surface area contributed by atoms with E-state index in [-0.39, 0.29) is 18.0 Å². The molecule has 2 aromatic carbocycles. The summed E-state index contributed by atoms with van der Waals surface area (Å²) in [6.45, 7) is 0. The van der Waals surface area contributed by atoms with Crippen molar-refractivity contribution < 1.29 is 18.5 Å². The number of halogens is 1. The van der Waals surface area contributed by atoms with Gasteiger partial charge in [-0.25, -0.2) is 4.39 Å². The molecule has 0 atom stereocenters. The Morgan fingerprint density at radius 3 is 2.65 bits per heavy atom. The van der Waals surface area contributed by atoms with Gasteiger partial charge in [-0.15, -0.1) is 0 Å². The van der Waals surface area contributed by atoms with Crippen molar-refractivity contribution in [2.45, 2.75) is 6.42 Å². The van der Waals surface area contributed by atoms with Crippen LogP contribution in [0.4, 0.5) is 15.8 Å². The summed E-state index contributed by atoms with van der Waals surface area (Å²) in [4.78, 5) is 22.1. The van der Waals surface area contributed by atoms with Crippen LogP contribution in [0, 0.1) is 15.9 Å². The molecule has 1 aromatic heterocycles. The number of furan rings is 1. The highest BCUT2D eigenvalue weighted by Crippen LogP contribution is 2.23. The second-order valence-corrected chi connectivity index (χ2v) is 4.93. The summed E-state index contributed by atoms with van der Waals surface area (Å²) in [6.07, 6.45) is 1.42. The number of nitrogens with zero attached hydrogens (tertiary/aromatic N) is 1. The molecule has 0 radical (unpaired) electrons. The molecule has 0 spiro atoms. The zero-order chi connectivity index (χ0) is 16.4. The van der Waals surface area contributed by atoms with Gasteiger partial charge in [-0.2, -0.15) is 0 Å². The number of benzene rings is 2. The first-order chi connectivity index (χ1) is 11.0. The van der Waals surface area contributed by atoms with Gasteiger partial charge in [0, 0.05) is 28.8 Å². The molecule has 23 heavy (non-hydrogen) atoms. The molecule has 0 bridgehead atoms. The fourth-order valence-corrected chi connectivity index (χ4v) is 2.24. The number of amides is 1. The molecule has 0 fully saturated rings. The van der Waals surface area contributed by atoms with Crippen LogP contribution in [0.2, 0.25) is 0 Å². The van der Waals surface area contributed by atoms with E-state index in [1.54, 1.807) is 0 Å². The molecule has 3 rings (SSSR count). The maximum absolute atomic E-state index is 13.3. The van der Waals surface area contributed by atoms with Crippen LogP contribution in [-0.4, -0.2) is 10.8 Å². The van der Waals surface area contributed by atoms with Crippen molar-refractivity contribution in [2.24, 2.45) is 0 Å². The van der Waals surface area contributed by atoms with Gasteiger partial charge in [-0.05, 0) is 30.3 Å². The van der Waals surface area contributed by atoms with E-state index in [1.165, 1.54) is 48.7 Å². The minimum atomic E-state index is -0.516. The second-order valence-electron chi connectivity index (χ2n) is 4.93. The third kappa shape index (κ3) is 3.18. The average Bonchev–Trinajstić information content (AvgIpc) is 2.90. The molecule has 0 unspecified atom stereocenters. The van der Waals surface area contributed by atoms with Gasteiger partial charge in [0.15, 0.2) is 0 Å². The van der Waals surface area contributed by atoms with E-state index in [1.807, 2.05) is 0 Å². The number of hydrogen-bond acceptors (Lipinski definition) is 4. The van der Waals surface area contributed by atoms with E-state index >= 15 is 0 Å². The van der Waals surface area contributed by atoms with Crippen molar-refractivity contribution in [1.82, 2.24) is 0 Å². The van der Waals surface area contributed by atoms with Gasteiger partial charge in [0.05, 0.1) is 17.6 Å². The molecular formula is C16H11FN2O4. The fraction of sp³-hybridized carbons (Fsp3) is 0.0625. The SMILES string of the molecule is O=C(Cc1coc2ccc(F)cc12)Nc1ccc([N+](=O)[O-])cc1. The second kappa shape index (κ2) is 5.88. The Kier molecular flexibility index (Phi) is 3.76. The van der Waals surface area contributed by atoms with Gasteiger partial charge >= 0.3 is 0 Å². The van der Waals surface area contributed by atoms with Crippen LogP contribution in [0.25, 0.3) is 11.0 Å². The van der Waals surface area contributed by atoms with Crippen molar-refractivity contribution >= 4 is 28.3 Å². The predicted molar refractivity (Wildman–Crippen MR) is 81.6 cm³/mol. The quantitative estimate of drug-likeness (QED) is 0.588. The van der Waals surface area contributed by atoms with Crippen molar-refractivity contribution in [3.05, 3.63) is 70.2 Å². The summed E-state index contributed by atoms with van der Waals surface area (Å²) in [5.41, 5.74) is 1.46. The Morgan fingerprint density at radius 1 is 1.22 bits per heavy atom. The van der Waals surface area contributed by atoms with Gasteiger partial charge in [0.1, 0.15) is 11.4 Å². The van der Waals surface area contributed by atoms with Crippen molar-refractivity contribution in [3.63, 3.8) is 0 Å². The normalized spacial score (nSPS) is 10.7. The number of hydrogen-bond donors (Lipinski definition) is 1. The molecule has 3 aromatic rings. The lowest BCUT2D eigenvalue weighted by molar-refractivity contribution is -0.384. The lowest BCUT2D eigenvalue weighted by Crippen LogP contribution is -2.14. The average molecular weight is 314 g/mol.